The maximum absolute atomic E-state index is 12.7. The molecule has 0 aliphatic carbocycles. The van der Waals surface area contributed by atoms with Gasteiger partial charge < -0.3 is 5.32 Å². The highest BCUT2D eigenvalue weighted by Crippen LogP contribution is 2.36. The molecule has 0 aliphatic rings. The smallest absolute Gasteiger partial charge is 0.360 e. The summed E-state index contributed by atoms with van der Waals surface area (Å²) < 4.78 is 38.0. The zero-order chi connectivity index (χ0) is 20.1. The quantitative estimate of drug-likeness (QED) is 0.586. The average molecular weight is 424 g/mol. The van der Waals surface area contributed by atoms with Gasteiger partial charge in [-0.15, -0.1) is 10.2 Å². The summed E-state index contributed by atoms with van der Waals surface area (Å²) in [6, 6.07) is 9.71. The van der Waals surface area contributed by atoms with Crippen molar-refractivity contribution < 1.29 is 13.2 Å². The van der Waals surface area contributed by atoms with Crippen molar-refractivity contribution in [3.05, 3.63) is 59.1 Å². The first-order valence-electron chi connectivity index (χ1n) is 7.48. The number of nitriles is 1. The Balaban J connectivity index is 1.69. The van der Waals surface area contributed by atoms with Crippen molar-refractivity contribution in [2.24, 2.45) is 0 Å². The fraction of sp³-hybridized carbons (Fsp3) is 0.0625. The Hall–Kier alpha value is -3.10. The molecule has 1 aromatic carbocycles. The third-order valence-electron chi connectivity index (χ3n) is 3.29. The van der Waals surface area contributed by atoms with Crippen LogP contribution in [0.3, 0.4) is 0 Å². The Kier molecular flexibility index (Phi) is 5.81. The molecule has 0 atom stereocenters. The molecule has 0 saturated carbocycles. The van der Waals surface area contributed by atoms with Crippen LogP contribution >= 0.6 is 23.4 Å². The predicted octanol–water partition coefficient (Wildman–Crippen LogP) is 4.39. The molecule has 28 heavy (non-hydrogen) atoms. The molecule has 7 nitrogen and oxygen atoms in total. The SMILES string of the molecule is N#C/C(=C/Nc1ccc(Sc2ncc(C(F)(F)F)cc2Cl)cc1)c1nn[nH]n1. The number of H-pyrrole nitrogens is 1. The van der Waals surface area contributed by atoms with E-state index in [0.29, 0.717) is 5.69 Å². The van der Waals surface area contributed by atoms with Gasteiger partial charge in [0.15, 0.2) is 0 Å². The van der Waals surface area contributed by atoms with Gasteiger partial charge >= 0.3 is 6.18 Å². The molecule has 0 bridgehead atoms. The van der Waals surface area contributed by atoms with E-state index in [1.165, 1.54) is 6.20 Å². The summed E-state index contributed by atoms with van der Waals surface area (Å²) in [7, 11) is 0. The minimum atomic E-state index is -4.50. The topological polar surface area (TPSA) is 103 Å². The van der Waals surface area contributed by atoms with Gasteiger partial charge in [-0.05, 0) is 35.5 Å². The van der Waals surface area contributed by atoms with Gasteiger partial charge in [-0.1, -0.05) is 23.4 Å². The Bertz CT molecular complexity index is 1030. The second kappa shape index (κ2) is 8.28. The molecule has 2 heterocycles. The van der Waals surface area contributed by atoms with Crippen LogP contribution in [-0.2, 0) is 6.18 Å². The van der Waals surface area contributed by atoms with Gasteiger partial charge in [0, 0.05) is 23.0 Å². The lowest BCUT2D eigenvalue weighted by Crippen LogP contribution is -2.05. The van der Waals surface area contributed by atoms with Crippen LogP contribution in [0, 0.1) is 11.3 Å². The summed E-state index contributed by atoms with van der Waals surface area (Å²) in [4.78, 5) is 4.51. The molecule has 0 aliphatic heterocycles. The molecule has 3 aromatic rings. The molecule has 0 amide bonds. The van der Waals surface area contributed by atoms with E-state index in [9.17, 15) is 13.2 Å². The third kappa shape index (κ3) is 4.79. The number of hydrogen-bond acceptors (Lipinski definition) is 7. The summed E-state index contributed by atoms with van der Waals surface area (Å²) in [5.41, 5.74) is -0.0388. The molecule has 142 valence electrons. The summed E-state index contributed by atoms with van der Waals surface area (Å²) in [6.45, 7) is 0. The van der Waals surface area contributed by atoms with Crippen LogP contribution in [0.4, 0.5) is 18.9 Å². The van der Waals surface area contributed by atoms with Gasteiger partial charge in [-0.2, -0.15) is 23.6 Å². The number of aromatic amines is 1. The van der Waals surface area contributed by atoms with Gasteiger partial charge in [0.05, 0.1) is 10.6 Å². The monoisotopic (exact) mass is 423 g/mol. The standard InChI is InChI=1S/C16H9ClF3N7S/c17-13-5-10(16(18,19)20)8-23-15(13)28-12-3-1-11(2-4-12)22-7-9(6-21)14-24-26-27-25-14/h1-5,7-8,22H,(H,24,25,26,27)/b9-7-. The molecule has 2 N–H and O–H groups in total. The fourth-order valence-corrected chi connectivity index (χ4v) is 3.00. The fourth-order valence-electron chi connectivity index (χ4n) is 1.96. The number of benzene rings is 1. The van der Waals surface area contributed by atoms with E-state index < -0.39 is 11.7 Å². The lowest BCUT2D eigenvalue weighted by molar-refractivity contribution is -0.137. The van der Waals surface area contributed by atoms with Crippen LogP contribution in [-0.4, -0.2) is 25.6 Å². The third-order valence-corrected chi connectivity index (χ3v) is 4.72. The Morgan fingerprint density at radius 3 is 2.61 bits per heavy atom. The van der Waals surface area contributed by atoms with E-state index in [1.807, 2.05) is 6.07 Å². The number of halogens is 4. The maximum Gasteiger partial charge on any atom is 0.417 e. The number of aromatic nitrogens is 5. The highest BCUT2D eigenvalue weighted by molar-refractivity contribution is 7.99. The zero-order valence-electron chi connectivity index (χ0n) is 13.7. The minimum Gasteiger partial charge on any atom is -0.360 e. The van der Waals surface area contributed by atoms with E-state index in [4.69, 9.17) is 16.9 Å². The van der Waals surface area contributed by atoms with Gasteiger partial charge in [-0.3, -0.25) is 0 Å². The predicted molar refractivity (Wildman–Crippen MR) is 96.2 cm³/mol. The van der Waals surface area contributed by atoms with E-state index in [-0.39, 0.29) is 21.4 Å². The van der Waals surface area contributed by atoms with Crippen molar-refractivity contribution in [3.63, 3.8) is 0 Å². The number of hydrogen-bond donors (Lipinski definition) is 2. The summed E-state index contributed by atoms with van der Waals surface area (Å²) in [6.07, 6.45) is -2.32. The number of nitrogens with one attached hydrogen (secondary N) is 2. The highest BCUT2D eigenvalue weighted by Gasteiger charge is 2.31. The highest BCUT2D eigenvalue weighted by atomic mass is 35.5. The summed E-state index contributed by atoms with van der Waals surface area (Å²) in [5, 5.41) is 25.3. The van der Waals surface area contributed by atoms with Crippen LogP contribution in [0.5, 0.6) is 0 Å². The van der Waals surface area contributed by atoms with Crippen molar-refractivity contribution in [2.45, 2.75) is 16.1 Å². The first-order chi connectivity index (χ1) is 13.4. The minimum absolute atomic E-state index is 0.0799. The van der Waals surface area contributed by atoms with Gasteiger partial charge in [0.2, 0.25) is 5.82 Å². The molecule has 0 radical (unpaired) electrons. The van der Waals surface area contributed by atoms with E-state index >= 15 is 0 Å². The Labute approximate surface area is 165 Å². The van der Waals surface area contributed by atoms with Crippen molar-refractivity contribution >= 4 is 34.6 Å². The van der Waals surface area contributed by atoms with Crippen LogP contribution in [0.25, 0.3) is 5.57 Å². The molecule has 0 fully saturated rings. The summed E-state index contributed by atoms with van der Waals surface area (Å²) >= 11 is 7.04. The number of pyridine rings is 1. The lowest BCUT2D eigenvalue weighted by Gasteiger charge is -2.09. The molecule has 2 aromatic heterocycles. The van der Waals surface area contributed by atoms with E-state index in [2.05, 4.69) is 30.9 Å². The second-order valence-corrected chi connectivity index (χ2v) is 6.65. The molecule has 0 saturated heterocycles. The Morgan fingerprint density at radius 2 is 2.04 bits per heavy atom. The number of anilines is 1. The molecule has 0 spiro atoms. The van der Waals surface area contributed by atoms with Crippen molar-refractivity contribution in [1.29, 1.82) is 5.26 Å². The van der Waals surface area contributed by atoms with E-state index in [1.54, 1.807) is 24.3 Å². The number of rotatable bonds is 5. The first-order valence-corrected chi connectivity index (χ1v) is 8.67. The first kappa shape index (κ1) is 19.7. The largest absolute Gasteiger partial charge is 0.417 e. The van der Waals surface area contributed by atoms with Gasteiger partial charge in [0.25, 0.3) is 0 Å². The van der Waals surface area contributed by atoms with Gasteiger partial charge in [-0.25, -0.2) is 4.98 Å². The normalized spacial score (nSPS) is 11.9. The summed E-state index contributed by atoms with van der Waals surface area (Å²) in [5.74, 6) is 0.158. The molecule has 3 rings (SSSR count). The van der Waals surface area contributed by atoms with Crippen molar-refractivity contribution in [1.82, 2.24) is 25.6 Å². The van der Waals surface area contributed by atoms with Gasteiger partial charge in [0.1, 0.15) is 16.7 Å². The number of tetrazole rings is 1. The lowest BCUT2D eigenvalue weighted by atomic mass is 10.3. The maximum atomic E-state index is 12.7. The molecule has 0 unspecified atom stereocenters. The van der Waals surface area contributed by atoms with E-state index in [0.717, 1.165) is 28.9 Å². The molecule has 12 heteroatoms. The van der Waals surface area contributed by atoms with Crippen LogP contribution < -0.4 is 5.32 Å². The van der Waals surface area contributed by atoms with Crippen LogP contribution in [0.15, 0.2) is 52.7 Å². The van der Waals surface area contributed by atoms with Crippen molar-refractivity contribution in [2.75, 3.05) is 5.32 Å². The Morgan fingerprint density at radius 1 is 1.29 bits per heavy atom. The van der Waals surface area contributed by atoms with Crippen LogP contribution in [0.1, 0.15) is 11.4 Å². The number of alkyl halides is 3. The molecular formula is C16H9ClF3N7S. The number of nitrogens with zero attached hydrogens (tertiary/aromatic N) is 5. The second-order valence-electron chi connectivity index (χ2n) is 5.18. The molecular weight excluding hydrogens is 415 g/mol. The van der Waals surface area contributed by atoms with Crippen LogP contribution in [0.2, 0.25) is 5.02 Å². The zero-order valence-corrected chi connectivity index (χ0v) is 15.3. The number of allylic oxidation sites excluding steroid dienone is 1. The average Bonchev–Trinajstić information content (AvgIpc) is 3.19. The van der Waals surface area contributed by atoms with Crippen molar-refractivity contribution in [3.8, 4) is 6.07 Å².